The number of carbonyl (C=O) groups excluding carboxylic acids is 1. The molecule has 2 rings (SSSR count). The molecule has 0 saturated carbocycles. The van der Waals surface area contributed by atoms with E-state index in [4.69, 9.17) is 11.5 Å². The number of nitrogens with zero attached hydrogens (tertiary/aromatic N) is 1. The average molecular weight is 247 g/mol. The predicted octanol–water partition coefficient (Wildman–Crippen LogP) is 1.85. The Labute approximate surface area is 108 Å². The molecule has 4 N–H and O–H groups in total. The summed E-state index contributed by atoms with van der Waals surface area (Å²) in [7, 11) is 0. The summed E-state index contributed by atoms with van der Waals surface area (Å²) in [6.45, 7) is 6.41. The van der Waals surface area contributed by atoms with Gasteiger partial charge in [0.2, 0.25) is 0 Å². The second kappa shape index (κ2) is 4.88. The van der Waals surface area contributed by atoms with Crippen molar-refractivity contribution < 1.29 is 4.79 Å². The maximum absolute atomic E-state index is 11.5. The molecule has 0 bridgehead atoms. The monoisotopic (exact) mass is 247 g/mol. The van der Waals surface area contributed by atoms with Gasteiger partial charge in [0, 0.05) is 24.5 Å². The normalized spacial score (nSPS) is 24.0. The summed E-state index contributed by atoms with van der Waals surface area (Å²) in [6, 6.07) is 5.40. The standard InChI is InChI=1S/C14H21N3O/c1-9-5-10(2)8-17(7-9)13-4-3-11(15)6-12(13)14(16)18/h3-4,6,9-10H,5,7-8,15H2,1-2H3,(H2,16,18). The third-order valence-electron chi connectivity index (χ3n) is 3.50. The van der Waals surface area contributed by atoms with Crippen molar-refractivity contribution in [3.05, 3.63) is 23.8 Å². The van der Waals surface area contributed by atoms with Crippen LogP contribution in [-0.4, -0.2) is 19.0 Å². The van der Waals surface area contributed by atoms with E-state index in [0.717, 1.165) is 18.8 Å². The fourth-order valence-electron chi connectivity index (χ4n) is 2.89. The van der Waals surface area contributed by atoms with Crippen molar-refractivity contribution in [1.29, 1.82) is 0 Å². The molecule has 1 aromatic carbocycles. The van der Waals surface area contributed by atoms with Crippen molar-refractivity contribution in [2.75, 3.05) is 23.7 Å². The fourth-order valence-corrected chi connectivity index (χ4v) is 2.89. The third-order valence-corrected chi connectivity index (χ3v) is 3.50. The minimum Gasteiger partial charge on any atom is -0.399 e. The Morgan fingerprint density at radius 2 is 1.89 bits per heavy atom. The van der Waals surface area contributed by atoms with Gasteiger partial charge < -0.3 is 16.4 Å². The van der Waals surface area contributed by atoms with Crippen LogP contribution in [0.15, 0.2) is 18.2 Å². The van der Waals surface area contributed by atoms with Crippen molar-refractivity contribution >= 4 is 17.3 Å². The van der Waals surface area contributed by atoms with Crippen LogP contribution in [0.4, 0.5) is 11.4 Å². The third kappa shape index (κ3) is 2.58. The maximum Gasteiger partial charge on any atom is 0.250 e. The lowest BCUT2D eigenvalue weighted by Crippen LogP contribution is -2.39. The highest BCUT2D eigenvalue weighted by Crippen LogP contribution is 2.29. The lowest BCUT2D eigenvalue weighted by molar-refractivity contribution is 0.100. The molecule has 0 spiro atoms. The van der Waals surface area contributed by atoms with Gasteiger partial charge in [-0.05, 0) is 36.5 Å². The van der Waals surface area contributed by atoms with E-state index in [2.05, 4.69) is 18.7 Å². The van der Waals surface area contributed by atoms with Gasteiger partial charge >= 0.3 is 0 Å². The Morgan fingerprint density at radius 1 is 1.28 bits per heavy atom. The van der Waals surface area contributed by atoms with Gasteiger partial charge in [-0.15, -0.1) is 0 Å². The maximum atomic E-state index is 11.5. The zero-order chi connectivity index (χ0) is 13.3. The second-order valence-electron chi connectivity index (χ2n) is 5.49. The first kappa shape index (κ1) is 12.7. The largest absolute Gasteiger partial charge is 0.399 e. The van der Waals surface area contributed by atoms with Crippen LogP contribution in [0.2, 0.25) is 0 Å². The molecule has 0 aromatic heterocycles. The highest BCUT2D eigenvalue weighted by atomic mass is 16.1. The number of benzene rings is 1. The van der Waals surface area contributed by atoms with E-state index in [1.807, 2.05) is 12.1 Å². The SMILES string of the molecule is CC1CC(C)CN(c2ccc(N)cc2C(N)=O)C1. The van der Waals surface area contributed by atoms with Crippen molar-refractivity contribution in [1.82, 2.24) is 0 Å². The molecule has 1 fully saturated rings. The first-order chi connectivity index (χ1) is 8.47. The van der Waals surface area contributed by atoms with E-state index in [0.29, 0.717) is 23.1 Å². The van der Waals surface area contributed by atoms with E-state index in [1.54, 1.807) is 6.07 Å². The Morgan fingerprint density at radius 3 is 2.44 bits per heavy atom. The van der Waals surface area contributed by atoms with Gasteiger partial charge in [0.05, 0.1) is 5.56 Å². The molecule has 0 radical (unpaired) electrons. The summed E-state index contributed by atoms with van der Waals surface area (Å²) >= 11 is 0. The molecule has 1 amide bonds. The van der Waals surface area contributed by atoms with Crippen molar-refractivity contribution in [3.63, 3.8) is 0 Å². The van der Waals surface area contributed by atoms with E-state index in [-0.39, 0.29) is 0 Å². The molecular weight excluding hydrogens is 226 g/mol. The quantitative estimate of drug-likeness (QED) is 0.783. The van der Waals surface area contributed by atoms with Crippen molar-refractivity contribution in [2.45, 2.75) is 20.3 Å². The van der Waals surface area contributed by atoms with Crippen LogP contribution >= 0.6 is 0 Å². The Hall–Kier alpha value is -1.71. The number of nitrogen functional groups attached to an aromatic ring is 1. The molecule has 4 nitrogen and oxygen atoms in total. The lowest BCUT2D eigenvalue weighted by Gasteiger charge is -2.37. The van der Waals surface area contributed by atoms with Crippen LogP contribution in [-0.2, 0) is 0 Å². The second-order valence-corrected chi connectivity index (χ2v) is 5.49. The molecule has 1 aliphatic rings. The van der Waals surface area contributed by atoms with E-state index < -0.39 is 5.91 Å². The van der Waals surface area contributed by atoms with Gasteiger partial charge in [0.15, 0.2) is 0 Å². The summed E-state index contributed by atoms with van der Waals surface area (Å²) < 4.78 is 0. The zero-order valence-electron chi connectivity index (χ0n) is 11.0. The summed E-state index contributed by atoms with van der Waals surface area (Å²) in [5, 5.41) is 0. The summed E-state index contributed by atoms with van der Waals surface area (Å²) in [6.07, 6.45) is 1.23. The molecule has 1 aliphatic heterocycles. The topological polar surface area (TPSA) is 72.3 Å². The molecule has 2 atom stereocenters. The molecular formula is C14H21N3O. The zero-order valence-corrected chi connectivity index (χ0v) is 11.0. The number of rotatable bonds is 2. The molecule has 1 aromatic rings. The highest BCUT2D eigenvalue weighted by molar-refractivity contribution is 5.99. The number of carbonyl (C=O) groups is 1. The number of anilines is 2. The number of primary amides is 1. The minimum atomic E-state index is -0.414. The van der Waals surface area contributed by atoms with Crippen molar-refractivity contribution in [2.24, 2.45) is 17.6 Å². The van der Waals surface area contributed by atoms with E-state index in [9.17, 15) is 4.79 Å². The van der Waals surface area contributed by atoms with Gasteiger partial charge in [0.25, 0.3) is 5.91 Å². The predicted molar refractivity (Wildman–Crippen MR) is 74.5 cm³/mol. The van der Waals surface area contributed by atoms with E-state index in [1.165, 1.54) is 6.42 Å². The van der Waals surface area contributed by atoms with Crippen LogP contribution < -0.4 is 16.4 Å². The number of nitrogens with two attached hydrogens (primary N) is 2. The first-order valence-corrected chi connectivity index (χ1v) is 6.41. The number of hydrogen-bond acceptors (Lipinski definition) is 3. The van der Waals surface area contributed by atoms with Gasteiger partial charge in [0.1, 0.15) is 0 Å². The molecule has 2 unspecified atom stereocenters. The first-order valence-electron chi connectivity index (χ1n) is 6.41. The lowest BCUT2D eigenvalue weighted by atomic mass is 9.91. The average Bonchev–Trinajstić information content (AvgIpc) is 2.27. The van der Waals surface area contributed by atoms with Gasteiger partial charge in [-0.25, -0.2) is 0 Å². The Balaban J connectivity index is 2.35. The number of hydrogen-bond donors (Lipinski definition) is 2. The molecule has 18 heavy (non-hydrogen) atoms. The molecule has 4 heteroatoms. The molecule has 98 valence electrons. The molecule has 1 saturated heterocycles. The van der Waals surface area contributed by atoms with Gasteiger partial charge in [-0.3, -0.25) is 4.79 Å². The Bertz CT molecular complexity index is 448. The number of amides is 1. The minimum absolute atomic E-state index is 0.414. The van der Waals surface area contributed by atoms with Crippen LogP contribution in [0.5, 0.6) is 0 Å². The Kier molecular flexibility index (Phi) is 3.45. The summed E-state index contributed by atoms with van der Waals surface area (Å²) in [4.78, 5) is 13.8. The highest BCUT2D eigenvalue weighted by Gasteiger charge is 2.24. The smallest absolute Gasteiger partial charge is 0.250 e. The summed E-state index contributed by atoms with van der Waals surface area (Å²) in [5.74, 6) is 0.849. The van der Waals surface area contributed by atoms with Gasteiger partial charge in [-0.1, -0.05) is 13.8 Å². The molecule has 1 heterocycles. The van der Waals surface area contributed by atoms with Gasteiger partial charge in [-0.2, -0.15) is 0 Å². The fraction of sp³-hybridized carbons (Fsp3) is 0.500. The molecule has 0 aliphatic carbocycles. The van der Waals surface area contributed by atoms with Crippen molar-refractivity contribution in [3.8, 4) is 0 Å². The van der Waals surface area contributed by atoms with Crippen LogP contribution in [0, 0.1) is 11.8 Å². The van der Waals surface area contributed by atoms with E-state index >= 15 is 0 Å². The van der Waals surface area contributed by atoms with Crippen LogP contribution in [0.25, 0.3) is 0 Å². The van der Waals surface area contributed by atoms with Crippen LogP contribution in [0.1, 0.15) is 30.6 Å². The van der Waals surface area contributed by atoms with Crippen LogP contribution in [0.3, 0.4) is 0 Å². The number of piperidine rings is 1. The summed E-state index contributed by atoms with van der Waals surface area (Å²) in [5.41, 5.74) is 13.2.